The van der Waals surface area contributed by atoms with Crippen LogP contribution in [0.3, 0.4) is 0 Å². The second kappa shape index (κ2) is 8.07. The molecular weight excluding hydrogens is 462 g/mol. The molecule has 29 heavy (non-hydrogen) atoms. The summed E-state index contributed by atoms with van der Waals surface area (Å²) in [4.78, 5) is 17.1. The molecule has 0 aliphatic carbocycles. The Morgan fingerprint density at radius 3 is 2.72 bits per heavy atom. The number of hydrogen-bond donors (Lipinski definition) is 1. The van der Waals surface area contributed by atoms with E-state index in [9.17, 15) is 13.6 Å². The lowest BCUT2D eigenvalue weighted by atomic mass is 10.1. The maximum atomic E-state index is 12.8. The Labute approximate surface area is 176 Å². The molecule has 1 N–H and O–H groups in total. The number of nitrogens with zero attached hydrogens (tertiary/aromatic N) is 2. The van der Waals surface area contributed by atoms with Gasteiger partial charge in [0, 0.05) is 39.5 Å². The molecule has 4 rings (SSSR count). The monoisotopic (exact) mass is 476 g/mol. The van der Waals surface area contributed by atoms with Gasteiger partial charge in [0.05, 0.1) is 13.2 Å². The molecule has 0 amide bonds. The highest BCUT2D eigenvalue weighted by Crippen LogP contribution is 2.35. The molecule has 2 aromatic heterocycles. The van der Waals surface area contributed by atoms with Gasteiger partial charge in [-0.2, -0.15) is 4.98 Å². The zero-order valence-corrected chi connectivity index (χ0v) is 17.6. The molecule has 2 aromatic carbocycles. The van der Waals surface area contributed by atoms with Gasteiger partial charge in [0.15, 0.2) is 5.58 Å². The maximum Gasteiger partial charge on any atom is 0.348 e. The molecule has 10 heteroatoms. The lowest BCUT2D eigenvalue weighted by Crippen LogP contribution is -2.25. The van der Waals surface area contributed by atoms with Crippen LogP contribution in [0.25, 0.3) is 33.3 Å². The summed E-state index contributed by atoms with van der Waals surface area (Å²) in [5.74, 6) is 0. The average molecular weight is 477 g/mol. The summed E-state index contributed by atoms with van der Waals surface area (Å²) in [5.41, 5.74) is 2.74. The number of aromatic nitrogens is 2. The molecule has 0 saturated carbocycles. The van der Waals surface area contributed by atoms with Gasteiger partial charge in [-0.25, -0.2) is 4.79 Å². The van der Waals surface area contributed by atoms with Crippen LogP contribution in [0.4, 0.5) is 5.69 Å². The van der Waals surface area contributed by atoms with Gasteiger partial charge >= 0.3 is 5.69 Å². The SMILES string of the molecule is COCCn1c(=O)nc(-c2ccc(NS(=O)[O-])cc2)c2oc3ccc(Br)cc3c21. The molecule has 150 valence electrons. The van der Waals surface area contributed by atoms with Crippen molar-refractivity contribution < 1.29 is 17.9 Å². The summed E-state index contributed by atoms with van der Waals surface area (Å²) >= 11 is 1.05. The first-order valence-electron chi connectivity index (χ1n) is 8.56. The van der Waals surface area contributed by atoms with E-state index in [1.807, 2.05) is 18.2 Å². The molecule has 2 heterocycles. The molecule has 0 bridgehead atoms. The Morgan fingerprint density at radius 1 is 1.28 bits per heavy atom. The zero-order valence-electron chi connectivity index (χ0n) is 15.2. The van der Waals surface area contributed by atoms with Crippen molar-refractivity contribution in [3.63, 3.8) is 0 Å². The third-order valence-corrected chi connectivity index (χ3v) is 5.32. The fourth-order valence-electron chi connectivity index (χ4n) is 3.17. The maximum absolute atomic E-state index is 12.8. The number of furan rings is 1. The van der Waals surface area contributed by atoms with E-state index in [-0.39, 0.29) is 0 Å². The number of methoxy groups -OCH3 is 1. The lowest BCUT2D eigenvalue weighted by Gasteiger charge is -2.11. The summed E-state index contributed by atoms with van der Waals surface area (Å²) in [6, 6.07) is 12.1. The van der Waals surface area contributed by atoms with E-state index < -0.39 is 17.0 Å². The summed E-state index contributed by atoms with van der Waals surface area (Å²) in [6.07, 6.45) is 0. The predicted molar refractivity (Wildman–Crippen MR) is 113 cm³/mol. The third-order valence-electron chi connectivity index (χ3n) is 4.43. The van der Waals surface area contributed by atoms with Gasteiger partial charge in [-0.1, -0.05) is 28.1 Å². The summed E-state index contributed by atoms with van der Waals surface area (Å²) in [5, 5.41) is 0.784. The second-order valence-corrected chi connectivity index (χ2v) is 7.81. The van der Waals surface area contributed by atoms with Gasteiger partial charge in [0.1, 0.15) is 16.8 Å². The molecule has 0 aliphatic heterocycles. The summed E-state index contributed by atoms with van der Waals surface area (Å²) in [6.45, 7) is 0.682. The number of ether oxygens (including phenoxy) is 1. The number of fused-ring (bicyclic) bond motifs is 3. The zero-order chi connectivity index (χ0) is 20.5. The first-order valence-corrected chi connectivity index (χ1v) is 10.4. The van der Waals surface area contributed by atoms with Crippen molar-refractivity contribution in [1.82, 2.24) is 9.55 Å². The molecule has 0 saturated heterocycles. The fourth-order valence-corrected chi connectivity index (χ4v) is 3.86. The van der Waals surface area contributed by atoms with Crippen molar-refractivity contribution in [2.75, 3.05) is 18.4 Å². The molecule has 0 fully saturated rings. The predicted octanol–water partition coefficient (Wildman–Crippen LogP) is 3.42. The largest absolute Gasteiger partial charge is 0.755 e. The minimum Gasteiger partial charge on any atom is -0.755 e. The van der Waals surface area contributed by atoms with E-state index >= 15 is 0 Å². The second-order valence-electron chi connectivity index (χ2n) is 6.22. The smallest absolute Gasteiger partial charge is 0.348 e. The Hall–Kier alpha value is -2.53. The number of benzene rings is 2. The fraction of sp³-hybridized carbons (Fsp3) is 0.158. The topological polar surface area (TPSA) is 109 Å². The standard InChI is InChI=1S/C19H16BrN3O5S/c1-27-9-8-23-17-14-10-12(20)4-7-15(14)28-18(17)16(21-19(23)24)11-2-5-13(6-3-11)22-29(25)26/h2-7,10,22H,8-9H2,1H3,(H,25,26)/p-1. The highest BCUT2D eigenvalue weighted by Gasteiger charge is 2.19. The van der Waals surface area contributed by atoms with Crippen LogP contribution in [0.15, 0.2) is 56.1 Å². The van der Waals surface area contributed by atoms with Crippen LogP contribution < -0.4 is 10.4 Å². The molecule has 0 radical (unpaired) electrons. The van der Waals surface area contributed by atoms with Crippen LogP contribution in [0.1, 0.15) is 0 Å². The minimum atomic E-state index is -2.42. The molecular formula is C19H15BrN3O5S-. The highest BCUT2D eigenvalue weighted by atomic mass is 79.9. The van der Waals surface area contributed by atoms with Crippen molar-refractivity contribution >= 4 is 55.0 Å². The van der Waals surface area contributed by atoms with E-state index in [0.29, 0.717) is 46.8 Å². The minimum absolute atomic E-state index is 0.332. The van der Waals surface area contributed by atoms with Gasteiger partial charge < -0.3 is 18.4 Å². The summed E-state index contributed by atoms with van der Waals surface area (Å²) < 4.78 is 37.5. The first-order chi connectivity index (χ1) is 14.0. The number of hydrogen-bond acceptors (Lipinski definition) is 6. The van der Waals surface area contributed by atoms with Crippen LogP contribution in [-0.4, -0.2) is 32.0 Å². The van der Waals surface area contributed by atoms with Gasteiger partial charge in [0.25, 0.3) is 0 Å². The van der Waals surface area contributed by atoms with Crippen LogP contribution in [0.2, 0.25) is 0 Å². The van der Waals surface area contributed by atoms with Crippen LogP contribution in [-0.2, 0) is 22.5 Å². The molecule has 0 spiro atoms. The van der Waals surface area contributed by atoms with Crippen molar-refractivity contribution in [1.29, 1.82) is 0 Å². The highest BCUT2D eigenvalue weighted by molar-refractivity contribution is 9.10. The average Bonchev–Trinajstić information content (AvgIpc) is 3.06. The molecule has 4 aromatic rings. The Kier molecular flexibility index (Phi) is 5.50. The van der Waals surface area contributed by atoms with Gasteiger partial charge in [0.2, 0.25) is 0 Å². The van der Waals surface area contributed by atoms with Crippen molar-refractivity contribution in [3.05, 3.63) is 57.4 Å². The van der Waals surface area contributed by atoms with E-state index in [1.54, 1.807) is 31.4 Å². The van der Waals surface area contributed by atoms with E-state index in [4.69, 9.17) is 9.15 Å². The lowest BCUT2D eigenvalue weighted by molar-refractivity contribution is 0.187. The van der Waals surface area contributed by atoms with Crippen LogP contribution in [0.5, 0.6) is 0 Å². The Bertz CT molecular complexity index is 1280. The van der Waals surface area contributed by atoms with Crippen LogP contribution in [0, 0.1) is 0 Å². The van der Waals surface area contributed by atoms with Crippen molar-refractivity contribution in [3.8, 4) is 11.3 Å². The van der Waals surface area contributed by atoms with Gasteiger partial charge in [-0.05, 0) is 30.3 Å². The normalized spacial score (nSPS) is 12.5. The first kappa shape index (κ1) is 19.8. The summed E-state index contributed by atoms with van der Waals surface area (Å²) in [7, 11) is 1.57. The molecule has 8 nitrogen and oxygen atoms in total. The number of rotatable bonds is 6. The van der Waals surface area contributed by atoms with Gasteiger partial charge in [-0.3, -0.25) is 8.78 Å². The van der Waals surface area contributed by atoms with E-state index in [0.717, 1.165) is 9.86 Å². The molecule has 0 aliphatic rings. The Morgan fingerprint density at radius 2 is 2.03 bits per heavy atom. The number of anilines is 1. The van der Waals surface area contributed by atoms with E-state index in [1.165, 1.54) is 4.57 Å². The number of halogens is 1. The molecule has 1 atom stereocenters. The van der Waals surface area contributed by atoms with Crippen LogP contribution >= 0.6 is 15.9 Å². The Balaban J connectivity index is 1.97. The third kappa shape index (κ3) is 3.84. The van der Waals surface area contributed by atoms with Crippen molar-refractivity contribution in [2.24, 2.45) is 0 Å². The molecule has 1 unspecified atom stereocenters. The number of nitrogens with one attached hydrogen (secondary N) is 1. The van der Waals surface area contributed by atoms with E-state index in [2.05, 4.69) is 25.6 Å². The van der Waals surface area contributed by atoms with Crippen molar-refractivity contribution in [2.45, 2.75) is 6.54 Å². The quantitative estimate of drug-likeness (QED) is 0.427. The van der Waals surface area contributed by atoms with Gasteiger partial charge in [-0.15, -0.1) is 0 Å².